The van der Waals surface area contributed by atoms with Gasteiger partial charge in [-0.15, -0.1) is 0 Å². The molecular formula is C22H24N2O4. The van der Waals surface area contributed by atoms with Gasteiger partial charge < -0.3 is 15.3 Å². The molecule has 1 heterocycles. The van der Waals surface area contributed by atoms with E-state index >= 15 is 0 Å². The van der Waals surface area contributed by atoms with Gasteiger partial charge in [-0.1, -0.05) is 31.2 Å². The lowest BCUT2D eigenvalue weighted by Gasteiger charge is -2.33. The maximum absolute atomic E-state index is 12.9. The zero-order valence-electron chi connectivity index (χ0n) is 15.9. The van der Waals surface area contributed by atoms with Gasteiger partial charge in [-0.05, 0) is 55.5 Å². The van der Waals surface area contributed by atoms with Gasteiger partial charge in [0.15, 0.2) is 0 Å². The van der Waals surface area contributed by atoms with E-state index in [1.54, 1.807) is 30.3 Å². The number of anilines is 1. The minimum absolute atomic E-state index is 0.233. The minimum Gasteiger partial charge on any atom is -0.480 e. The fourth-order valence-corrected chi connectivity index (χ4v) is 3.58. The number of benzene rings is 2. The predicted octanol–water partition coefficient (Wildman–Crippen LogP) is 3.58. The lowest BCUT2D eigenvalue weighted by atomic mass is 10.0. The molecule has 0 spiro atoms. The number of nitrogens with one attached hydrogen (secondary N) is 1. The third-order valence-electron chi connectivity index (χ3n) is 5.06. The molecule has 0 saturated carbocycles. The topological polar surface area (TPSA) is 86.7 Å². The number of aliphatic carboxylic acids is 1. The quantitative estimate of drug-likeness (QED) is 0.830. The van der Waals surface area contributed by atoms with Crippen molar-refractivity contribution in [1.82, 2.24) is 4.90 Å². The van der Waals surface area contributed by atoms with Crippen molar-refractivity contribution in [3.63, 3.8) is 0 Å². The van der Waals surface area contributed by atoms with Crippen molar-refractivity contribution < 1.29 is 19.5 Å². The van der Waals surface area contributed by atoms with Gasteiger partial charge >= 0.3 is 5.97 Å². The summed E-state index contributed by atoms with van der Waals surface area (Å²) in [7, 11) is 0. The Hall–Kier alpha value is -3.15. The molecule has 2 aromatic carbocycles. The Balaban J connectivity index is 1.79. The predicted molar refractivity (Wildman–Crippen MR) is 107 cm³/mol. The van der Waals surface area contributed by atoms with Crippen molar-refractivity contribution in [3.05, 3.63) is 65.2 Å². The molecule has 2 aromatic rings. The summed E-state index contributed by atoms with van der Waals surface area (Å²) in [5.41, 5.74) is 2.42. The number of carbonyl (C=O) groups is 3. The maximum Gasteiger partial charge on any atom is 0.326 e. The molecule has 6 nitrogen and oxygen atoms in total. The zero-order chi connectivity index (χ0) is 20.1. The normalized spacial score (nSPS) is 16.5. The van der Waals surface area contributed by atoms with Gasteiger partial charge in [-0.25, -0.2) is 4.79 Å². The summed E-state index contributed by atoms with van der Waals surface area (Å²) < 4.78 is 0. The Morgan fingerprint density at radius 1 is 1.11 bits per heavy atom. The Labute approximate surface area is 164 Å². The number of amides is 2. The molecule has 0 radical (unpaired) electrons. The summed E-state index contributed by atoms with van der Waals surface area (Å²) in [5.74, 6) is -1.53. The van der Waals surface area contributed by atoms with Gasteiger partial charge in [-0.2, -0.15) is 0 Å². The highest BCUT2D eigenvalue weighted by Crippen LogP contribution is 2.22. The Morgan fingerprint density at radius 2 is 1.89 bits per heavy atom. The van der Waals surface area contributed by atoms with Crippen LogP contribution < -0.4 is 5.32 Å². The summed E-state index contributed by atoms with van der Waals surface area (Å²) in [6.07, 6.45) is 2.80. The number of rotatable bonds is 5. The third kappa shape index (κ3) is 4.22. The van der Waals surface area contributed by atoms with Crippen molar-refractivity contribution in [3.8, 4) is 0 Å². The first-order chi connectivity index (χ1) is 13.5. The SMILES string of the molecule is CCc1ccccc1C(=O)Nc1cccc(C(=O)N2CCCCC2C(=O)O)c1. The van der Waals surface area contributed by atoms with Crippen LogP contribution in [0.3, 0.4) is 0 Å². The monoisotopic (exact) mass is 380 g/mol. The second kappa shape index (κ2) is 8.69. The first-order valence-corrected chi connectivity index (χ1v) is 9.54. The van der Waals surface area contributed by atoms with E-state index in [0.29, 0.717) is 29.8 Å². The van der Waals surface area contributed by atoms with Crippen molar-refractivity contribution in [1.29, 1.82) is 0 Å². The number of carbonyl (C=O) groups excluding carboxylic acids is 2. The molecule has 2 amide bonds. The van der Waals surface area contributed by atoms with Crippen LogP contribution in [0.5, 0.6) is 0 Å². The number of hydrogen-bond acceptors (Lipinski definition) is 3. The van der Waals surface area contributed by atoms with Crippen molar-refractivity contribution in [2.24, 2.45) is 0 Å². The molecular weight excluding hydrogens is 356 g/mol. The van der Waals surface area contributed by atoms with E-state index < -0.39 is 12.0 Å². The Morgan fingerprint density at radius 3 is 2.64 bits per heavy atom. The van der Waals surface area contributed by atoms with Crippen LogP contribution in [0, 0.1) is 0 Å². The average molecular weight is 380 g/mol. The van der Waals surface area contributed by atoms with Crippen LogP contribution in [-0.2, 0) is 11.2 Å². The standard InChI is InChI=1S/C22H24N2O4/c1-2-15-8-3-4-11-18(15)20(25)23-17-10-7-9-16(14-17)21(26)24-13-6-5-12-19(24)22(27)28/h3-4,7-11,14,19H,2,5-6,12-13H2,1H3,(H,23,25)(H,27,28). The summed E-state index contributed by atoms with van der Waals surface area (Å²) in [6, 6.07) is 13.3. The Kier molecular flexibility index (Phi) is 6.09. The number of carboxylic acids is 1. The molecule has 1 saturated heterocycles. The van der Waals surface area contributed by atoms with Crippen molar-refractivity contribution in [2.75, 3.05) is 11.9 Å². The lowest BCUT2D eigenvalue weighted by Crippen LogP contribution is -2.48. The van der Waals surface area contributed by atoms with Gasteiger partial charge in [0.1, 0.15) is 6.04 Å². The average Bonchev–Trinajstić information content (AvgIpc) is 2.73. The van der Waals surface area contributed by atoms with E-state index in [1.807, 2.05) is 25.1 Å². The second-order valence-corrected chi connectivity index (χ2v) is 6.89. The molecule has 1 unspecified atom stereocenters. The molecule has 6 heteroatoms. The fraction of sp³-hybridized carbons (Fsp3) is 0.318. The van der Waals surface area contributed by atoms with Gasteiger partial charge in [-0.3, -0.25) is 9.59 Å². The summed E-state index contributed by atoms with van der Waals surface area (Å²) in [5, 5.41) is 12.2. The largest absolute Gasteiger partial charge is 0.480 e. The molecule has 1 fully saturated rings. The van der Waals surface area contributed by atoms with Gasteiger partial charge in [0.25, 0.3) is 11.8 Å². The zero-order valence-corrected chi connectivity index (χ0v) is 15.9. The van der Waals surface area contributed by atoms with Crippen LogP contribution in [-0.4, -0.2) is 40.4 Å². The second-order valence-electron chi connectivity index (χ2n) is 6.89. The number of aryl methyl sites for hydroxylation is 1. The van der Waals surface area contributed by atoms with E-state index in [-0.39, 0.29) is 11.8 Å². The molecule has 0 bridgehead atoms. The van der Waals surface area contributed by atoms with E-state index in [1.165, 1.54) is 4.90 Å². The highest BCUT2D eigenvalue weighted by Gasteiger charge is 2.32. The van der Waals surface area contributed by atoms with Crippen LogP contribution in [0.1, 0.15) is 52.5 Å². The van der Waals surface area contributed by atoms with Crippen LogP contribution >= 0.6 is 0 Å². The van der Waals surface area contributed by atoms with Gasteiger partial charge in [0.2, 0.25) is 0 Å². The molecule has 2 N–H and O–H groups in total. The lowest BCUT2D eigenvalue weighted by molar-refractivity contribution is -0.143. The molecule has 0 aliphatic carbocycles. The first-order valence-electron chi connectivity index (χ1n) is 9.54. The number of piperidine rings is 1. The molecule has 1 aliphatic heterocycles. The molecule has 3 rings (SSSR count). The van der Waals surface area contributed by atoms with E-state index in [9.17, 15) is 19.5 Å². The fourth-order valence-electron chi connectivity index (χ4n) is 3.58. The number of carboxylic acid groups (broad SMARTS) is 1. The Bertz CT molecular complexity index is 894. The van der Waals surface area contributed by atoms with Gasteiger partial charge in [0.05, 0.1) is 0 Å². The minimum atomic E-state index is -0.978. The van der Waals surface area contributed by atoms with E-state index in [2.05, 4.69) is 5.32 Å². The number of likely N-dealkylation sites (tertiary alicyclic amines) is 1. The summed E-state index contributed by atoms with van der Waals surface area (Å²) >= 11 is 0. The molecule has 0 aromatic heterocycles. The van der Waals surface area contributed by atoms with Crippen molar-refractivity contribution in [2.45, 2.75) is 38.6 Å². The highest BCUT2D eigenvalue weighted by atomic mass is 16.4. The number of nitrogens with zero attached hydrogens (tertiary/aromatic N) is 1. The van der Waals surface area contributed by atoms with Crippen LogP contribution in [0.25, 0.3) is 0 Å². The molecule has 1 atom stereocenters. The summed E-state index contributed by atoms with van der Waals surface area (Å²) in [6.45, 7) is 2.42. The van der Waals surface area contributed by atoms with E-state index in [0.717, 1.165) is 24.8 Å². The smallest absolute Gasteiger partial charge is 0.326 e. The summed E-state index contributed by atoms with van der Waals surface area (Å²) in [4.78, 5) is 38.4. The highest BCUT2D eigenvalue weighted by molar-refractivity contribution is 6.06. The number of hydrogen-bond donors (Lipinski definition) is 2. The van der Waals surface area contributed by atoms with Crippen molar-refractivity contribution >= 4 is 23.5 Å². The molecule has 1 aliphatic rings. The van der Waals surface area contributed by atoms with Gasteiger partial charge in [0, 0.05) is 23.4 Å². The maximum atomic E-state index is 12.9. The third-order valence-corrected chi connectivity index (χ3v) is 5.06. The van der Waals surface area contributed by atoms with E-state index in [4.69, 9.17) is 0 Å². The van der Waals surface area contributed by atoms with Crippen LogP contribution in [0.4, 0.5) is 5.69 Å². The van der Waals surface area contributed by atoms with Crippen LogP contribution in [0.2, 0.25) is 0 Å². The molecule has 28 heavy (non-hydrogen) atoms. The van der Waals surface area contributed by atoms with Crippen LogP contribution in [0.15, 0.2) is 48.5 Å². The molecule has 146 valence electrons. The first kappa shape index (κ1) is 19.6.